The Bertz CT molecular complexity index is 511. The SMILES string of the molecule is CCOCC(=O)N1CCCC(O)(COc2cccc(Cl)c2)C1. The van der Waals surface area contributed by atoms with Crippen LogP contribution in [0.1, 0.15) is 19.8 Å². The van der Waals surface area contributed by atoms with Crippen LogP contribution >= 0.6 is 11.6 Å². The highest BCUT2D eigenvalue weighted by Crippen LogP contribution is 2.24. The van der Waals surface area contributed by atoms with E-state index in [1.807, 2.05) is 6.92 Å². The molecule has 0 bridgehead atoms. The number of carbonyl (C=O) groups excluding carboxylic acids is 1. The van der Waals surface area contributed by atoms with Crippen LogP contribution in [-0.2, 0) is 9.53 Å². The lowest BCUT2D eigenvalue weighted by atomic mass is 9.93. The van der Waals surface area contributed by atoms with Crippen LogP contribution in [0.5, 0.6) is 5.75 Å². The van der Waals surface area contributed by atoms with Crippen molar-refractivity contribution >= 4 is 17.5 Å². The second kappa shape index (κ2) is 7.81. The summed E-state index contributed by atoms with van der Waals surface area (Å²) in [7, 11) is 0. The lowest BCUT2D eigenvalue weighted by Crippen LogP contribution is -2.54. The van der Waals surface area contributed by atoms with Gasteiger partial charge in [0.15, 0.2) is 0 Å². The highest BCUT2D eigenvalue weighted by Gasteiger charge is 2.36. The molecule has 5 nitrogen and oxygen atoms in total. The van der Waals surface area contributed by atoms with Crippen LogP contribution in [0.2, 0.25) is 5.02 Å². The van der Waals surface area contributed by atoms with Crippen molar-refractivity contribution in [3.05, 3.63) is 29.3 Å². The van der Waals surface area contributed by atoms with Gasteiger partial charge in [0.25, 0.3) is 0 Å². The van der Waals surface area contributed by atoms with Gasteiger partial charge in [0.1, 0.15) is 24.6 Å². The average Bonchev–Trinajstić information content (AvgIpc) is 2.51. The Morgan fingerprint density at radius 1 is 1.50 bits per heavy atom. The minimum Gasteiger partial charge on any atom is -0.490 e. The van der Waals surface area contributed by atoms with E-state index >= 15 is 0 Å². The number of aliphatic hydroxyl groups is 1. The third-order valence-corrected chi connectivity index (χ3v) is 3.88. The number of likely N-dealkylation sites (tertiary alicyclic amines) is 1. The number of carbonyl (C=O) groups is 1. The van der Waals surface area contributed by atoms with Gasteiger partial charge in [0.05, 0.1) is 6.54 Å². The molecule has 1 N–H and O–H groups in total. The van der Waals surface area contributed by atoms with Crippen molar-refractivity contribution < 1.29 is 19.4 Å². The summed E-state index contributed by atoms with van der Waals surface area (Å²) in [5, 5.41) is 11.2. The molecule has 2 rings (SSSR count). The van der Waals surface area contributed by atoms with Crippen molar-refractivity contribution in [1.82, 2.24) is 4.90 Å². The summed E-state index contributed by atoms with van der Waals surface area (Å²) in [6.45, 7) is 3.44. The predicted octanol–water partition coefficient (Wildman–Crippen LogP) is 2.11. The van der Waals surface area contributed by atoms with Crippen LogP contribution in [0.3, 0.4) is 0 Å². The first-order valence-corrected chi connectivity index (χ1v) is 7.86. The third-order valence-electron chi connectivity index (χ3n) is 3.64. The van der Waals surface area contributed by atoms with Crippen LogP contribution in [0.4, 0.5) is 0 Å². The Hall–Kier alpha value is -1.30. The van der Waals surface area contributed by atoms with Crippen LogP contribution < -0.4 is 4.74 Å². The number of hydrogen-bond acceptors (Lipinski definition) is 4. The Morgan fingerprint density at radius 2 is 2.32 bits per heavy atom. The molecule has 1 atom stereocenters. The smallest absolute Gasteiger partial charge is 0.248 e. The monoisotopic (exact) mass is 327 g/mol. The van der Waals surface area contributed by atoms with Crippen molar-refractivity contribution in [3.8, 4) is 5.75 Å². The Morgan fingerprint density at radius 3 is 3.05 bits per heavy atom. The molecule has 0 aliphatic carbocycles. The molecule has 0 aromatic heterocycles. The van der Waals surface area contributed by atoms with E-state index in [0.717, 1.165) is 6.42 Å². The summed E-state index contributed by atoms with van der Waals surface area (Å²) in [5.41, 5.74) is -1.04. The van der Waals surface area contributed by atoms with Gasteiger partial charge in [-0.15, -0.1) is 0 Å². The standard InChI is InChI=1S/C16H22ClNO4/c1-2-21-10-15(19)18-8-4-7-16(20,11-18)12-22-14-6-3-5-13(17)9-14/h3,5-6,9,20H,2,4,7-8,10-12H2,1H3. The number of hydrogen-bond donors (Lipinski definition) is 1. The van der Waals surface area contributed by atoms with Crippen LogP contribution in [-0.4, -0.2) is 54.4 Å². The molecule has 6 heteroatoms. The first-order valence-electron chi connectivity index (χ1n) is 7.49. The second-order valence-corrected chi connectivity index (χ2v) is 5.96. The summed E-state index contributed by atoms with van der Waals surface area (Å²) in [6, 6.07) is 7.04. The highest BCUT2D eigenvalue weighted by molar-refractivity contribution is 6.30. The van der Waals surface area contributed by atoms with E-state index in [0.29, 0.717) is 30.3 Å². The molecular formula is C16H22ClNO4. The second-order valence-electron chi connectivity index (χ2n) is 5.53. The maximum Gasteiger partial charge on any atom is 0.248 e. The van der Waals surface area contributed by atoms with Crippen molar-refractivity contribution in [2.45, 2.75) is 25.4 Å². The number of ether oxygens (including phenoxy) is 2. The number of benzene rings is 1. The van der Waals surface area contributed by atoms with Crippen LogP contribution in [0, 0.1) is 0 Å². The molecule has 0 radical (unpaired) electrons. The molecule has 122 valence electrons. The quantitative estimate of drug-likeness (QED) is 0.869. The molecule has 1 aromatic carbocycles. The lowest BCUT2D eigenvalue weighted by molar-refractivity contribution is -0.144. The molecule has 0 saturated carbocycles. The van der Waals surface area contributed by atoms with Gasteiger partial charge in [-0.1, -0.05) is 17.7 Å². The number of β-amino-alcohol motifs (C(OH)–C–C–N with tert-alkyl or cyclic N) is 1. The lowest BCUT2D eigenvalue weighted by Gasteiger charge is -2.38. The largest absolute Gasteiger partial charge is 0.490 e. The third kappa shape index (κ3) is 4.87. The zero-order chi connectivity index (χ0) is 16.0. The van der Waals surface area contributed by atoms with E-state index in [9.17, 15) is 9.90 Å². The molecule has 1 saturated heterocycles. The van der Waals surface area contributed by atoms with Crippen molar-refractivity contribution in [1.29, 1.82) is 0 Å². The van der Waals surface area contributed by atoms with Gasteiger partial charge >= 0.3 is 0 Å². The van der Waals surface area contributed by atoms with Gasteiger partial charge in [0, 0.05) is 18.2 Å². The molecule has 22 heavy (non-hydrogen) atoms. The molecule has 0 spiro atoms. The summed E-state index contributed by atoms with van der Waals surface area (Å²) in [6.07, 6.45) is 1.35. The number of nitrogens with zero attached hydrogens (tertiary/aromatic N) is 1. The molecule has 1 aromatic rings. The van der Waals surface area contributed by atoms with Gasteiger partial charge < -0.3 is 19.5 Å². The van der Waals surface area contributed by atoms with E-state index in [1.165, 1.54) is 0 Å². The van der Waals surface area contributed by atoms with Crippen molar-refractivity contribution in [3.63, 3.8) is 0 Å². The molecule has 1 fully saturated rings. The van der Waals surface area contributed by atoms with Gasteiger partial charge in [0.2, 0.25) is 5.91 Å². The van der Waals surface area contributed by atoms with Gasteiger partial charge in [-0.05, 0) is 38.0 Å². The molecule has 1 aliphatic heterocycles. The van der Waals surface area contributed by atoms with Gasteiger partial charge in [-0.25, -0.2) is 0 Å². The number of rotatable bonds is 6. The zero-order valence-corrected chi connectivity index (χ0v) is 13.5. The average molecular weight is 328 g/mol. The Kier molecular flexibility index (Phi) is 6.06. The summed E-state index contributed by atoms with van der Waals surface area (Å²) >= 11 is 5.90. The fraction of sp³-hybridized carbons (Fsp3) is 0.562. The topological polar surface area (TPSA) is 59.0 Å². The molecule has 1 aliphatic rings. The Labute approximate surface area is 135 Å². The van der Waals surface area contributed by atoms with E-state index in [-0.39, 0.29) is 25.7 Å². The minimum absolute atomic E-state index is 0.0573. The summed E-state index contributed by atoms with van der Waals surface area (Å²) in [4.78, 5) is 13.6. The maximum atomic E-state index is 12.0. The van der Waals surface area contributed by atoms with E-state index < -0.39 is 5.60 Å². The fourth-order valence-corrected chi connectivity index (χ4v) is 2.68. The Balaban J connectivity index is 1.90. The summed E-state index contributed by atoms with van der Waals surface area (Å²) < 4.78 is 10.8. The minimum atomic E-state index is -1.04. The highest BCUT2D eigenvalue weighted by atomic mass is 35.5. The molecule has 1 amide bonds. The van der Waals surface area contributed by atoms with E-state index in [1.54, 1.807) is 29.2 Å². The number of amides is 1. The maximum absolute atomic E-state index is 12.0. The van der Waals surface area contributed by atoms with Gasteiger partial charge in [-0.3, -0.25) is 4.79 Å². The number of halogens is 1. The summed E-state index contributed by atoms with van der Waals surface area (Å²) in [5.74, 6) is 0.515. The normalized spacial score (nSPS) is 21.7. The first-order chi connectivity index (χ1) is 10.5. The van der Waals surface area contributed by atoms with Gasteiger partial charge in [-0.2, -0.15) is 0 Å². The van der Waals surface area contributed by atoms with Crippen molar-refractivity contribution in [2.75, 3.05) is 32.9 Å². The molecular weight excluding hydrogens is 306 g/mol. The molecule has 1 heterocycles. The molecule has 1 unspecified atom stereocenters. The van der Waals surface area contributed by atoms with Crippen LogP contribution in [0.25, 0.3) is 0 Å². The van der Waals surface area contributed by atoms with E-state index in [2.05, 4.69) is 0 Å². The number of piperidine rings is 1. The van der Waals surface area contributed by atoms with E-state index in [4.69, 9.17) is 21.1 Å². The zero-order valence-electron chi connectivity index (χ0n) is 12.8. The van der Waals surface area contributed by atoms with Crippen LogP contribution in [0.15, 0.2) is 24.3 Å². The predicted molar refractivity (Wildman–Crippen MR) is 84.2 cm³/mol. The van der Waals surface area contributed by atoms with Crippen molar-refractivity contribution in [2.24, 2.45) is 0 Å². The first kappa shape index (κ1) is 17.1. The fourth-order valence-electron chi connectivity index (χ4n) is 2.50.